The molecule has 0 saturated carbocycles. The Hall–Kier alpha value is -1.46. The van der Waals surface area contributed by atoms with Crippen LogP contribution in [-0.2, 0) is 13.2 Å². The summed E-state index contributed by atoms with van der Waals surface area (Å²) in [6, 6.07) is 9.43. The van der Waals surface area contributed by atoms with Crippen molar-refractivity contribution in [1.29, 1.82) is 0 Å². The van der Waals surface area contributed by atoms with Crippen molar-refractivity contribution in [3.05, 3.63) is 63.6 Å². The molecule has 2 nitrogen and oxygen atoms in total. The SMILES string of the molecule is CCNCc1cc(OCc2ccc(F)c(F)c2)ccc1Br. The van der Waals surface area contributed by atoms with Gasteiger partial charge in [-0.15, -0.1) is 0 Å². The lowest BCUT2D eigenvalue weighted by atomic mass is 10.2. The summed E-state index contributed by atoms with van der Waals surface area (Å²) >= 11 is 3.49. The third-order valence-corrected chi connectivity index (χ3v) is 3.75. The predicted molar refractivity (Wildman–Crippen MR) is 82.2 cm³/mol. The fourth-order valence-corrected chi connectivity index (χ4v) is 2.22. The molecule has 0 amide bonds. The Morgan fingerprint density at radius 1 is 1.10 bits per heavy atom. The van der Waals surface area contributed by atoms with Crippen molar-refractivity contribution in [3.63, 3.8) is 0 Å². The van der Waals surface area contributed by atoms with Gasteiger partial charge >= 0.3 is 0 Å². The third-order valence-electron chi connectivity index (χ3n) is 2.97. The van der Waals surface area contributed by atoms with Gasteiger partial charge in [0, 0.05) is 11.0 Å². The van der Waals surface area contributed by atoms with Crippen LogP contribution in [0.2, 0.25) is 0 Å². The normalized spacial score (nSPS) is 10.7. The van der Waals surface area contributed by atoms with E-state index in [0.717, 1.165) is 35.3 Å². The molecule has 0 aliphatic carbocycles. The van der Waals surface area contributed by atoms with E-state index in [9.17, 15) is 8.78 Å². The highest BCUT2D eigenvalue weighted by Gasteiger charge is 2.05. The van der Waals surface area contributed by atoms with Crippen LogP contribution in [0.5, 0.6) is 5.75 Å². The Bertz CT molecular complexity index is 619. The summed E-state index contributed by atoms with van der Waals surface area (Å²) in [5.41, 5.74) is 1.67. The van der Waals surface area contributed by atoms with Gasteiger partial charge in [0.2, 0.25) is 0 Å². The van der Waals surface area contributed by atoms with E-state index in [2.05, 4.69) is 21.2 Å². The molecular formula is C16H16BrF2NO. The standard InChI is InChI=1S/C16H16BrF2NO/c1-2-20-9-12-8-13(4-5-14(12)17)21-10-11-3-6-15(18)16(19)7-11/h3-8,20H,2,9-10H2,1H3. The molecule has 0 saturated heterocycles. The molecule has 0 heterocycles. The fraction of sp³-hybridized carbons (Fsp3) is 0.250. The molecule has 112 valence electrons. The van der Waals surface area contributed by atoms with Crippen LogP contribution >= 0.6 is 15.9 Å². The number of nitrogens with one attached hydrogen (secondary N) is 1. The lowest BCUT2D eigenvalue weighted by Gasteiger charge is -2.10. The van der Waals surface area contributed by atoms with E-state index in [1.807, 2.05) is 25.1 Å². The molecular weight excluding hydrogens is 340 g/mol. The van der Waals surface area contributed by atoms with Crippen LogP contribution in [-0.4, -0.2) is 6.54 Å². The van der Waals surface area contributed by atoms with Crippen molar-refractivity contribution in [2.75, 3.05) is 6.54 Å². The monoisotopic (exact) mass is 355 g/mol. The lowest BCUT2D eigenvalue weighted by Crippen LogP contribution is -2.12. The molecule has 2 rings (SSSR count). The van der Waals surface area contributed by atoms with Gasteiger partial charge in [0.1, 0.15) is 12.4 Å². The van der Waals surface area contributed by atoms with Crippen LogP contribution in [0, 0.1) is 11.6 Å². The van der Waals surface area contributed by atoms with Gasteiger partial charge in [-0.3, -0.25) is 0 Å². The Labute approximate surface area is 131 Å². The van der Waals surface area contributed by atoms with E-state index in [-0.39, 0.29) is 6.61 Å². The molecule has 0 aromatic heterocycles. The Kier molecular flexibility index (Phi) is 5.70. The molecule has 0 aliphatic heterocycles. The molecule has 0 radical (unpaired) electrons. The zero-order valence-corrected chi connectivity index (χ0v) is 13.2. The summed E-state index contributed by atoms with van der Waals surface area (Å²) in [6.45, 7) is 3.85. The number of halogens is 3. The van der Waals surface area contributed by atoms with Gasteiger partial charge in [0.05, 0.1) is 0 Å². The first-order chi connectivity index (χ1) is 10.1. The summed E-state index contributed by atoms with van der Waals surface area (Å²) in [6.07, 6.45) is 0. The number of benzene rings is 2. The lowest BCUT2D eigenvalue weighted by molar-refractivity contribution is 0.304. The van der Waals surface area contributed by atoms with E-state index < -0.39 is 11.6 Å². The van der Waals surface area contributed by atoms with Crippen molar-refractivity contribution < 1.29 is 13.5 Å². The van der Waals surface area contributed by atoms with Gasteiger partial charge < -0.3 is 10.1 Å². The van der Waals surface area contributed by atoms with E-state index in [4.69, 9.17) is 4.74 Å². The Morgan fingerprint density at radius 3 is 2.62 bits per heavy atom. The number of ether oxygens (including phenoxy) is 1. The Morgan fingerprint density at radius 2 is 1.90 bits per heavy atom. The molecule has 0 unspecified atom stereocenters. The average Bonchev–Trinajstić information content (AvgIpc) is 2.48. The van der Waals surface area contributed by atoms with Crippen molar-refractivity contribution in [1.82, 2.24) is 5.32 Å². The largest absolute Gasteiger partial charge is 0.489 e. The molecule has 2 aromatic carbocycles. The minimum absolute atomic E-state index is 0.194. The van der Waals surface area contributed by atoms with E-state index in [1.54, 1.807) is 0 Å². The second kappa shape index (κ2) is 7.52. The molecule has 0 atom stereocenters. The summed E-state index contributed by atoms with van der Waals surface area (Å²) < 4.78 is 32.6. The van der Waals surface area contributed by atoms with Crippen molar-refractivity contribution >= 4 is 15.9 Å². The number of rotatable bonds is 6. The highest BCUT2D eigenvalue weighted by Crippen LogP contribution is 2.23. The molecule has 21 heavy (non-hydrogen) atoms. The van der Waals surface area contributed by atoms with E-state index >= 15 is 0 Å². The molecule has 0 bridgehead atoms. The molecule has 0 aliphatic rings. The van der Waals surface area contributed by atoms with Gasteiger partial charge in [-0.05, 0) is 48.0 Å². The van der Waals surface area contributed by atoms with Crippen molar-refractivity contribution in [2.45, 2.75) is 20.1 Å². The maximum atomic E-state index is 13.1. The predicted octanol–water partition coefficient (Wildman–Crippen LogP) is 4.42. The summed E-state index contributed by atoms with van der Waals surface area (Å²) in [5.74, 6) is -1.02. The van der Waals surface area contributed by atoms with Crippen molar-refractivity contribution in [3.8, 4) is 5.75 Å². The highest BCUT2D eigenvalue weighted by atomic mass is 79.9. The van der Waals surface area contributed by atoms with E-state index in [0.29, 0.717) is 11.3 Å². The van der Waals surface area contributed by atoms with Crippen LogP contribution < -0.4 is 10.1 Å². The van der Waals surface area contributed by atoms with Crippen LogP contribution in [0.15, 0.2) is 40.9 Å². The maximum Gasteiger partial charge on any atom is 0.159 e. The van der Waals surface area contributed by atoms with E-state index in [1.165, 1.54) is 6.07 Å². The van der Waals surface area contributed by atoms with Crippen LogP contribution in [0.4, 0.5) is 8.78 Å². The van der Waals surface area contributed by atoms with Gasteiger partial charge in [-0.2, -0.15) is 0 Å². The van der Waals surface area contributed by atoms with Crippen molar-refractivity contribution in [2.24, 2.45) is 0 Å². The topological polar surface area (TPSA) is 21.3 Å². The first kappa shape index (κ1) is 15.9. The fourth-order valence-electron chi connectivity index (χ4n) is 1.83. The zero-order chi connectivity index (χ0) is 15.2. The van der Waals surface area contributed by atoms with Gasteiger partial charge in [-0.1, -0.05) is 28.9 Å². The van der Waals surface area contributed by atoms with Crippen LogP contribution in [0.3, 0.4) is 0 Å². The minimum atomic E-state index is -0.861. The smallest absolute Gasteiger partial charge is 0.159 e. The van der Waals surface area contributed by atoms with Gasteiger partial charge in [0.15, 0.2) is 11.6 Å². The third kappa shape index (κ3) is 4.51. The first-order valence-corrected chi connectivity index (χ1v) is 7.45. The zero-order valence-electron chi connectivity index (χ0n) is 11.6. The quantitative estimate of drug-likeness (QED) is 0.828. The second-order valence-corrected chi connectivity index (χ2v) is 5.43. The minimum Gasteiger partial charge on any atom is -0.489 e. The molecule has 2 aromatic rings. The van der Waals surface area contributed by atoms with Gasteiger partial charge in [0.25, 0.3) is 0 Å². The highest BCUT2D eigenvalue weighted by molar-refractivity contribution is 9.10. The summed E-state index contributed by atoms with van der Waals surface area (Å²) in [7, 11) is 0. The molecule has 1 N–H and O–H groups in total. The summed E-state index contributed by atoms with van der Waals surface area (Å²) in [4.78, 5) is 0. The first-order valence-electron chi connectivity index (χ1n) is 6.66. The van der Waals surface area contributed by atoms with Gasteiger partial charge in [-0.25, -0.2) is 8.78 Å². The number of hydrogen-bond acceptors (Lipinski definition) is 2. The molecule has 0 fully saturated rings. The number of hydrogen-bond donors (Lipinski definition) is 1. The van der Waals surface area contributed by atoms with Crippen LogP contribution in [0.1, 0.15) is 18.1 Å². The molecule has 5 heteroatoms. The second-order valence-electron chi connectivity index (χ2n) is 4.57. The Balaban J connectivity index is 2.03. The maximum absolute atomic E-state index is 13.1. The average molecular weight is 356 g/mol. The molecule has 0 spiro atoms. The van der Waals surface area contributed by atoms with Crippen LogP contribution in [0.25, 0.3) is 0 Å². The summed E-state index contributed by atoms with van der Waals surface area (Å²) in [5, 5.41) is 3.24.